The van der Waals surface area contributed by atoms with Crippen LogP contribution in [-0.4, -0.2) is 13.7 Å². The summed E-state index contributed by atoms with van der Waals surface area (Å²) in [6.45, 7) is 0. The Balaban J connectivity index is 0.942. The van der Waals surface area contributed by atoms with Crippen LogP contribution in [0.1, 0.15) is 0 Å². The van der Waals surface area contributed by atoms with E-state index in [9.17, 15) is 0 Å². The molecule has 5 heterocycles. The summed E-state index contributed by atoms with van der Waals surface area (Å²) in [4.78, 5) is 0. The van der Waals surface area contributed by atoms with Gasteiger partial charge in [0.15, 0.2) is 14.3 Å². The van der Waals surface area contributed by atoms with Crippen LogP contribution in [0.15, 0.2) is 249 Å². The molecule has 3 aromatic heterocycles. The van der Waals surface area contributed by atoms with E-state index in [-0.39, 0.29) is 0 Å². The molecule has 11 aromatic carbocycles. The maximum atomic E-state index is 16.1. The van der Waals surface area contributed by atoms with Crippen molar-refractivity contribution in [1.82, 2.24) is 13.7 Å². The molecule has 0 fully saturated rings. The summed E-state index contributed by atoms with van der Waals surface area (Å²) >= 11 is 0. The van der Waals surface area contributed by atoms with Gasteiger partial charge in [0, 0.05) is 92.3 Å². The summed E-state index contributed by atoms with van der Waals surface area (Å²) in [6, 6.07) is 87.2. The van der Waals surface area contributed by atoms with Gasteiger partial charge >= 0.3 is 0 Å². The molecule has 2 atom stereocenters. The van der Waals surface area contributed by atoms with E-state index < -0.39 is 14.3 Å². The first-order valence-corrected chi connectivity index (χ1v) is 28.2. The van der Waals surface area contributed by atoms with Crippen molar-refractivity contribution in [3.63, 3.8) is 0 Å². The lowest BCUT2D eigenvalue weighted by Crippen LogP contribution is -2.28. The van der Waals surface area contributed by atoms with Gasteiger partial charge in [-0.1, -0.05) is 164 Å². The molecule has 342 valence electrons. The summed E-state index contributed by atoms with van der Waals surface area (Å²) in [5.74, 6) is 0. The third-order valence-corrected chi connectivity index (χ3v) is 22.0. The third kappa shape index (κ3) is 5.43. The highest BCUT2D eigenvalue weighted by Gasteiger charge is 2.52. The van der Waals surface area contributed by atoms with Gasteiger partial charge < -0.3 is 22.8 Å². The number of hydrogen-bond donors (Lipinski definition) is 0. The number of benzene rings is 11. The Kier molecular flexibility index (Phi) is 8.37. The van der Waals surface area contributed by atoms with E-state index in [4.69, 9.17) is 0 Å². The number of hydrogen-bond acceptors (Lipinski definition) is 2. The van der Waals surface area contributed by atoms with Crippen LogP contribution in [0.25, 0.3) is 105 Å². The Morgan fingerprint density at radius 1 is 0.247 bits per heavy atom. The van der Waals surface area contributed by atoms with Crippen molar-refractivity contribution in [2.45, 2.75) is 0 Å². The van der Waals surface area contributed by atoms with Gasteiger partial charge in [0.25, 0.3) is 0 Å². The molecular formula is C66H41N3O2P2. The highest BCUT2D eigenvalue weighted by Crippen LogP contribution is 2.61. The van der Waals surface area contributed by atoms with E-state index >= 15 is 9.13 Å². The van der Waals surface area contributed by atoms with Crippen molar-refractivity contribution in [3.8, 4) is 39.3 Å². The van der Waals surface area contributed by atoms with Crippen molar-refractivity contribution in [3.05, 3.63) is 249 Å². The highest BCUT2D eigenvalue weighted by atomic mass is 31.2. The number of aromatic nitrogens is 3. The Labute approximate surface area is 420 Å². The van der Waals surface area contributed by atoms with Crippen LogP contribution in [0.2, 0.25) is 0 Å². The van der Waals surface area contributed by atoms with E-state index in [2.05, 4.69) is 184 Å². The van der Waals surface area contributed by atoms with E-state index in [1.54, 1.807) is 0 Å². The van der Waals surface area contributed by atoms with Crippen LogP contribution in [0, 0.1) is 0 Å². The molecule has 5 nitrogen and oxygen atoms in total. The minimum atomic E-state index is -3.35. The van der Waals surface area contributed by atoms with Gasteiger partial charge in [-0.2, -0.15) is 0 Å². The largest absolute Gasteiger partial charge is 0.309 e. The van der Waals surface area contributed by atoms with E-state index in [1.165, 1.54) is 21.5 Å². The van der Waals surface area contributed by atoms with E-state index in [0.717, 1.165) is 115 Å². The fraction of sp³-hybridized carbons (Fsp3) is 0. The minimum Gasteiger partial charge on any atom is -0.309 e. The summed E-state index contributed by atoms with van der Waals surface area (Å²) in [5.41, 5.74) is 13.6. The smallest absolute Gasteiger partial charge is 0.172 e. The van der Waals surface area contributed by atoms with Gasteiger partial charge in [0.2, 0.25) is 0 Å². The molecule has 7 heteroatoms. The molecule has 0 radical (unpaired) electrons. The molecule has 0 bridgehead atoms. The van der Waals surface area contributed by atoms with Crippen molar-refractivity contribution in [2.75, 3.05) is 0 Å². The van der Waals surface area contributed by atoms with Crippen LogP contribution in [0.3, 0.4) is 0 Å². The first kappa shape index (κ1) is 41.0. The molecule has 2 aliphatic rings. The van der Waals surface area contributed by atoms with Crippen molar-refractivity contribution in [2.24, 2.45) is 0 Å². The second-order valence-corrected chi connectivity index (χ2v) is 24.9. The average Bonchev–Trinajstić information content (AvgIpc) is 4.23. The summed E-state index contributed by atoms with van der Waals surface area (Å²) < 4.78 is 39.4. The maximum Gasteiger partial charge on any atom is 0.172 e. The lowest BCUT2D eigenvalue weighted by molar-refractivity contribution is 0.592. The molecule has 0 aliphatic carbocycles. The Morgan fingerprint density at radius 3 is 1.04 bits per heavy atom. The molecular weight excluding hydrogens is 929 g/mol. The molecule has 2 aliphatic heterocycles. The van der Waals surface area contributed by atoms with Gasteiger partial charge in [-0.25, -0.2) is 0 Å². The molecule has 0 saturated heterocycles. The van der Waals surface area contributed by atoms with E-state index in [1.807, 2.05) is 78.9 Å². The fourth-order valence-electron chi connectivity index (χ4n) is 12.7. The molecule has 0 spiro atoms. The number of fused-ring (bicyclic) bond motifs is 9. The molecule has 0 amide bonds. The zero-order chi connectivity index (χ0) is 48.2. The van der Waals surface area contributed by atoms with Crippen molar-refractivity contribution in [1.29, 1.82) is 0 Å². The molecule has 0 N–H and O–H groups in total. The molecule has 0 saturated carbocycles. The highest BCUT2D eigenvalue weighted by molar-refractivity contribution is 7.89. The van der Waals surface area contributed by atoms with Crippen LogP contribution in [-0.2, 0) is 9.13 Å². The Morgan fingerprint density at radius 2 is 0.603 bits per heavy atom. The zero-order valence-corrected chi connectivity index (χ0v) is 41.0. The van der Waals surface area contributed by atoms with Gasteiger partial charge in [0.05, 0.1) is 33.1 Å². The number of nitrogens with zero attached hydrogens (tertiary/aromatic N) is 3. The van der Waals surface area contributed by atoms with Gasteiger partial charge in [-0.3, -0.25) is 0 Å². The minimum absolute atomic E-state index is 0.764. The van der Waals surface area contributed by atoms with Gasteiger partial charge in [-0.05, 0) is 96.1 Å². The normalized spacial score (nSPS) is 16.7. The first-order chi connectivity index (χ1) is 36.0. The lowest BCUT2D eigenvalue weighted by Gasteiger charge is -2.23. The molecule has 14 aromatic rings. The zero-order valence-electron chi connectivity index (χ0n) is 39.2. The van der Waals surface area contributed by atoms with E-state index in [0.29, 0.717) is 0 Å². The fourth-order valence-corrected chi connectivity index (χ4v) is 19.1. The summed E-state index contributed by atoms with van der Waals surface area (Å²) in [6.07, 6.45) is 0. The molecule has 2 unspecified atom stereocenters. The topological polar surface area (TPSA) is 48.9 Å². The average molecular weight is 970 g/mol. The second-order valence-electron chi connectivity index (χ2n) is 19.5. The first-order valence-electron chi connectivity index (χ1n) is 24.8. The standard InChI is InChI=1S/C66H41N3O2P2/c70-72(47-19-3-1-4-20-47)61-31-16-32-62-65(61)66-63(72)38-43(39-64(66)73(62,71)48-21-5-2-6-22-48)42-17-15-18-44(37-42)67-59-35-33-45(68-55-27-11-7-23-49(55)50-24-8-12-28-56(50)68)40-53(59)54-41-46(34-36-60(54)67)69-57-29-13-9-25-51(57)52-26-10-14-30-58(52)69/h1-41H. The van der Waals surface area contributed by atoms with Crippen LogP contribution >= 0.6 is 14.3 Å². The van der Waals surface area contributed by atoms with Gasteiger partial charge in [-0.15, -0.1) is 0 Å². The Bertz CT molecular complexity index is 4430. The Hall–Kier alpha value is -8.72. The maximum absolute atomic E-state index is 16.1. The molecule has 73 heavy (non-hydrogen) atoms. The molecule has 16 rings (SSSR count). The van der Waals surface area contributed by atoms with Crippen molar-refractivity contribution >= 4 is 112 Å². The lowest BCUT2D eigenvalue weighted by atomic mass is 10.00. The summed E-state index contributed by atoms with van der Waals surface area (Å²) in [5, 5.41) is 11.8. The van der Waals surface area contributed by atoms with Crippen LogP contribution in [0.4, 0.5) is 0 Å². The third-order valence-electron chi connectivity index (χ3n) is 15.8. The monoisotopic (exact) mass is 969 g/mol. The van der Waals surface area contributed by atoms with Gasteiger partial charge in [0.1, 0.15) is 0 Å². The predicted octanol–water partition coefficient (Wildman–Crippen LogP) is 14.2. The number of rotatable bonds is 6. The predicted molar refractivity (Wildman–Crippen MR) is 306 cm³/mol. The van der Waals surface area contributed by atoms with Crippen molar-refractivity contribution < 1.29 is 9.13 Å². The van der Waals surface area contributed by atoms with Crippen LogP contribution in [0.5, 0.6) is 0 Å². The SMILES string of the molecule is O=P1(c2ccccc2)c2cccc3c2-c2c1cc(-c1cccc(-n4c5ccc(-n6c7ccccc7c7ccccc76)cc5c5cc(-n6c7ccccc7c7ccccc76)ccc54)c1)cc2P3(=O)c1ccccc1. The number of para-hydroxylation sites is 4. The second kappa shape index (κ2) is 14.9. The summed E-state index contributed by atoms with van der Waals surface area (Å²) in [7, 11) is -6.71. The quantitative estimate of drug-likeness (QED) is 0.156. The van der Waals surface area contributed by atoms with Crippen LogP contribution < -0.4 is 31.8 Å².